The summed E-state index contributed by atoms with van der Waals surface area (Å²) in [4.78, 5) is 0. The van der Waals surface area contributed by atoms with E-state index in [1.807, 2.05) is 18.2 Å². The van der Waals surface area contributed by atoms with Crippen molar-refractivity contribution in [1.29, 1.82) is 0 Å². The molecule has 1 aromatic carbocycles. The van der Waals surface area contributed by atoms with Gasteiger partial charge in [0.2, 0.25) is 0 Å². The van der Waals surface area contributed by atoms with Crippen molar-refractivity contribution in [1.82, 2.24) is 0 Å². The van der Waals surface area contributed by atoms with E-state index in [0.717, 1.165) is 11.5 Å². The fraction of sp³-hybridized carbons (Fsp3) is 0.455. The summed E-state index contributed by atoms with van der Waals surface area (Å²) in [6, 6.07) is 5.94. The van der Waals surface area contributed by atoms with Crippen molar-refractivity contribution in [2.45, 2.75) is 18.6 Å². The number of ether oxygens (including phenoxy) is 2. The van der Waals surface area contributed by atoms with Crippen LogP contribution in [0.15, 0.2) is 18.2 Å². The number of thiol groups is 1. The lowest BCUT2D eigenvalue weighted by Gasteiger charge is -2.22. The molecule has 84 valence electrons. The van der Waals surface area contributed by atoms with Gasteiger partial charge in [0.15, 0.2) is 11.5 Å². The highest BCUT2D eigenvalue weighted by atomic mass is 33.1. The van der Waals surface area contributed by atoms with Crippen molar-refractivity contribution < 1.29 is 9.47 Å². The van der Waals surface area contributed by atoms with Gasteiger partial charge in [0, 0.05) is 4.75 Å². The quantitative estimate of drug-likeness (QED) is 0.646. The highest BCUT2D eigenvalue weighted by Gasteiger charge is 2.21. The molecule has 0 unspecified atom stereocenters. The van der Waals surface area contributed by atoms with E-state index in [-0.39, 0.29) is 4.75 Å². The minimum absolute atomic E-state index is 0.0390. The number of benzene rings is 1. The van der Waals surface area contributed by atoms with Gasteiger partial charge in [0.25, 0.3) is 0 Å². The second-order valence-electron chi connectivity index (χ2n) is 3.67. The third kappa shape index (κ3) is 2.75. The van der Waals surface area contributed by atoms with E-state index in [9.17, 15) is 0 Å². The zero-order valence-corrected chi connectivity index (χ0v) is 11.1. The minimum Gasteiger partial charge on any atom is -0.493 e. The zero-order valence-electron chi connectivity index (χ0n) is 9.40. The zero-order chi connectivity index (χ0) is 11.5. The molecule has 0 saturated heterocycles. The topological polar surface area (TPSA) is 18.5 Å². The molecule has 0 aliphatic carbocycles. The molecule has 0 aliphatic rings. The summed E-state index contributed by atoms with van der Waals surface area (Å²) in [5.41, 5.74) is 1.17. The fourth-order valence-electron chi connectivity index (χ4n) is 1.26. The Bertz CT molecular complexity index is 337. The van der Waals surface area contributed by atoms with E-state index in [2.05, 4.69) is 25.5 Å². The van der Waals surface area contributed by atoms with Gasteiger partial charge in [-0.2, -0.15) is 0 Å². The molecular weight excluding hydrogens is 228 g/mol. The maximum atomic E-state index is 5.26. The van der Waals surface area contributed by atoms with Gasteiger partial charge >= 0.3 is 0 Å². The minimum atomic E-state index is -0.0390. The predicted molar refractivity (Wildman–Crippen MR) is 69.1 cm³/mol. The van der Waals surface area contributed by atoms with Crippen LogP contribution in [0.25, 0.3) is 0 Å². The van der Waals surface area contributed by atoms with Crippen LogP contribution in [0.2, 0.25) is 0 Å². The molecule has 2 nitrogen and oxygen atoms in total. The second-order valence-corrected chi connectivity index (χ2v) is 5.42. The Morgan fingerprint density at radius 3 is 2.20 bits per heavy atom. The highest BCUT2D eigenvalue weighted by Crippen LogP contribution is 2.41. The van der Waals surface area contributed by atoms with Crippen molar-refractivity contribution in [3.05, 3.63) is 23.8 Å². The van der Waals surface area contributed by atoms with E-state index in [4.69, 9.17) is 9.47 Å². The Kier molecular flexibility index (Phi) is 4.22. The maximum absolute atomic E-state index is 5.26. The smallest absolute Gasteiger partial charge is 0.161 e. The van der Waals surface area contributed by atoms with Gasteiger partial charge in [-0.3, -0.25) is 0 Å². The molecule has 15 heavy (non-hydrogen) atoms. The second kappa shape index (κ2) is 5.03. The Morgan fingerprint density at radius 2 is 1.73 bits per heavy atom. The Balaban J connectivity index is 3.13. The van der Waals surface area contributed by atoms with Gasteiger partial charge in [-0.1, -0.05) is 16.9 Å². The van der Waals surface area contributed by atoms with Crippen molar-refractivity contribution >= 4 is 22.5 Å². The lowest BCUT2D eigenvalue weighted by molar-refractivity contribution is 0.354. The molecule has 0 saturated carbocycles. The average Bonchev–Trinajstić information content (AvgIpc) is 2.28. The predicted octanol–water partition coefficient (Wildman–Crippen LogP) is 3.52. The molecule has 4 heteroatoms. The molecule has 1 aromatic rings. The van der Waals surface area contributed by atoms with Crippen molar-refractivity contribution in [2.75, 3.05) is 14.2 Å². The van der Waals surface area contributed by atoms with Gasteiger partial charge < -0.3 is 9.47 Å². The molecule has 0 atom stereocenters. The summed E-state index contributed by atoms with van der Waals surface area (Å²) in [7, 11) is 4.79. The number of rotatable bonds is 4. The molecule has 0 fully saturated rings. The maximum Gasteiger partial charge on any atom is 0.161 e. The molecule has 0 bridgehead atoms. The van der Waals surface area contributed by atoms with Gasteiger partial charge in [0.1, 0.15) is 0 Å². The normalized spacial score (nSPS) is 11.3. The number of hydrogen-bond acceptors (Lipinski definition) is 4. The van der Waals surface area contributed by atoms with Crippen LogP contribution >= 0.6 is 22.5 Å². The Hall–Kier alpha value is -0.480. The summed E-state index contributed by atoms with van der Waals surface area (Å²) in [6.07, 6.45) is 0. The third-order valence-electron chi connectivity index (χ3n) is 2.31. The molecule has 0 radical (unpaired) electrons. The van der Waals surface area contributed by atoms with Gasteiger partial charge in [-0.05, 0) is 31.5 Å². The molecule has 0 aliphatic heterocycles. The monoisotopic (exact) mass is 244 g/mol. The lowest BCUT2D eigenvalue weighted by Crippen LogP contribution is -2.10. The molecule has 0 N–H and O–H groups in total. The lowest BCUT2D eigenvalue weighted by atomic mass is 10.0. The standard InChI is InChI=1S/C11H16O2S2/c1-11(2,15-14)8-5-6-9(12-3)10(7-8)13-4/h5-7,14H,1-4H3. The van der Waals surface area contributed by atoms with Crippen LogP contribution in [0.1, 0.15) is 19.4 Å². The molecular formula is C11H16O2S2. The van der Waals surface area contributed by atoms with Gasteiger partial charge in [-0.15, -0.1) is 11.7 Å². The summed E-state index contributed by atoms with van der Waals surface area (Å²) in [5, 5.41) is 0. The van der Waals surface area contributed by atoms with Crippen LogP contribution in [0.4, 0.5) is 0 Å². The van der Waals surface area contributed by atoms with Crippen LogP contribution in [-0.2, 0) is 4.75 Å². The first-order valence-corrected chi connectivity index (χ1v) is 6.47. The summed E-state index contributed by atoms with van der Waals surface area (Å²) < 4.78 is 10.4. The van der Waals surface area contributed by atoms with E-state index in [1.54, 1.807) is 14.2 Å². The van der Waals surface area contributed by atoms with Crippen LogP contribution < -0.4 is 9.47 Å². The van der Waals surface area contributed by atoms with Crippen molar-refractivity contribution in [2.24, 2.45) is 0 Å². The van der Waals surface area contributed by atoms with Crippen LogP contribution in [-0.4, -0.2) is 14.2 Å². The molecule has 0 aromatic heterocycles. The van der Waals surface area contributed by atoms with Gasteiger partial charge in [0.05, 0.1) is 14.2 Å². The Morgan fingerprint density at radius 1 is 1.13 bits per heavy atom. The molecule has 1 rings (SSSR count). The average molecular weight is 244 g/mol. The highest BCUT2D eigenvalue weighted by molar-refractivity contribution is 8.68. The summed E-state index contributed by atoms with van der Waals surface area (Å²) in [6.45, 7) is 4.23. The van der Waals surface area contributed by atoms with Crippen molar-refractivity contribution in [3.8, 4) is 11.5 Å². The first-order chi connectivity index (χ1) is 7.05. The van der Waals surface area contributed by atoms with Crippen LogP contribution in [0, 0.1) is 0 Å². The van der Waals surface area contributed by atoms with Crippen LogP contribution in [0.5, 0.6) is 11.5 Å². The SMILES string of the molecule is COc1ccc(C(C)(C)SS)cc1OC. The number of hydrogen-bond donors (Lipinski definition) is 1. The Labute approximate surface area is 100 Å². The van der Waals surface area contributed by atoms with Gasteiger partial charge in [-0.25, -0.2) is 0 Å². The van der Waals surface area contributed by atoms with Crippen LogP contribution in [0.3, 0.4) is 0 Å². The summed E-state index contributed by atoms with van der Waals surface area (Å²) >= 11 is 4.27. The van der Waals surface area contributed by atoms with E-state index in [0.29, 0.717) is 0 Å². The summed E-state index contributed by atoms with van der Waals surface area (Å²) in [5.74, 6) is 1.51. The third-order valence-corrected chi connectivity index (χ3v) is 4.37. The number of methoxy groups -OCH3 is 2. The van der Waals surface area contributed by atoms with E-state index >= 15 is 0 Å². The largest absolute Gasteiger partial charge is 0.493 e. The first kappa shape index (κ1) is 12.6. The molecule has 0 spiro atoms. The first-order valence-electron chi connectivity index (χ1n) is 4.60. The van der Waals surface area contributed by atoms with Crippen molar-refractivity contribution in [3.63, 3.8) is 0 Å². The molecule has 0 heterocycles. The van der Waals surface area contributed by atoms with E-state index in [1.165, 1.54) is 16.4 Å². The molecule has 0 amide bonds. The fourth-order valence-corrected chi connectivity index (χ4v) is 1.81. The van der Waals surface area contributed by atoms with E-state index < -0.39 is 0 Å².